The van der Waals surface area contributed by atoms with Gasteiger partial charge in [-0.1, -0.05) is 34.7 Å². The molecular formula is C23H30IN5O3S2. The van der Waals surface area contributed by atoms with Gasteiger partial charge >= 0.3 is 0 Å². The summed E-state index contributed by atoms with van der Waals surface area (Å²) in [5.41, 5.74) is 4.05. The van der Waals surface area contributed by atoms with Crippen molar-refractivity contribution < 1.29 is 13.2 Å². The third-order valence-corrected chi connectivity index (χ3v) is 10.4. The van der Waals surface area contributed by atoms with E-state index in [-0.39, 0.29) is 23.1 Å². The normalized spacial score (nSPS) is 17.2. The predicted molar refractivity (Wildman–Crippen MR) is 145 cm³/mol. The van der Waals surface area contributed by atoms with Crippen LogP contribution in [0.5, 0.6) is 0 Å². The maximum absolute atomic E-state index is 12.9. The van der Waals surface area contributed by atoms with Crippen LogP contribution in [0.1, 0.15) is 28.1 Å². The molecule has 1 aromatic heterocycles. The SMILES string of the molecule is CN=c1sc(CN2CCN(C(=O)CCS(=O)(=O)C3=Nc4ccc(CI)cc4C3)CC2)c(C)n1C. The van der Waals surface area contributed by atoms with Gasteiger partial charge < -0.3 is 9.47 Å². The van der Waals surface area contributed by atoms with Crippen LogP contribution in [0.15, 0.2) is 28.2 Å². The van der Waals surface area contributed by atoms with Gasteiger partial charge in [-0.2, -0.15) is 0 Å². The summed E-state index contributed by atoms with van der Waals surface area (Å²) in [4.78, 5) is 27.8. The Labute approximate surface area is 218 Å². The first-order chi connectivity index (χ1) is 16.2. The molecule has 2 aromatic rings. The molecule has 0 atom stereocenters. The largest absolute Gasteiger partial charge is 0.340 e. The van der Waals surface area contributed by atoms with E-state index in [1.807, 2.05) is 25.2 Å². The van der Waals surface area contributed by atoms with Crippen molar-refractivity contribution in [1.82, 2.24) is 14.4 Å². The van der Waals surface area contributed by atoms with E-state index in [2.05, 4.69) is 49.0 Å². The standard InChI is InChI=1S/C23H30IN5O3S2/c1-16-20(33-23(25-2)27(16)3)15-28-7-9-29(10-8-28)22(30)6-11-34(31,32)21-13-18-12-17(14-24)4-5-19(18)26-21/h4-5,12H,6-11,13-15H2,1-3H3. The lowest BCUT2D eigenvalue weighted by molar-refractivity contribution is -0.132. The fourth-order valence-corrected chi connectivity index (χ4v) is 7.15. The molecule has 0 saturated carbocycles. The highest BCUT2D eigenvalue weighted by atomic mass is 127. The van der Waals surface area contributed by atoms with Crippen LogP contribution in [-0.4, -0.2) is 72.7 Å². The van der Waals surface area contributed by atoms with Gasteiger partial charge in [0.15, 0.2) is 14.6 Å². The Morgan fingerprint density at radius 2 is 1.97 bits per heavy atom. The van der Waals surface area contributed by atoms with Crippen LogP contribution >= 0.6 is 33.9 Å². The van der Waals surface area contributed by atoms with Gasteiger partial charge in [0.05, 0.1) is 11.4 Å². The average molecular weight is 616 g/mol. The zero-order valence-corrected chi connectivity index (χ0v) is 23.5. The van der Waals surface area contributed by atoms with E-state index >= 15 is 0 Å². The number of halogens is 1. The highest BCUT2D eigenvalue weighted by Gasteiger charge is 2.29. The van der Waals surface area contributed by atoms with Gasteiger partial charge in [-0.25, -0.2) is 13.4 Å². The number of carbonyl (C=O) groups is 1. The number of benzene rings is 1. The van der Waals surface area contributed by atoms with Gasteiger partial charge in [-0.15, -0.1) is 11.3 Å². The Morgan fingerprint density at radius 3 is 2.62 bits per heavy atom. The summed E-state index contributed by atoms with van der Waals surface area (Å²) < 4.78 is 28.7. The van der Waals surface area contributed by atoms with Gasteiger partial charge in [-0.3, -0.25) is 14.7 Å². The average Bonchev–Trinajstić information content (AvgIpc) is 3.39. The minimum Gasteiger partial charge on any atom is -0.340 e. The second kappa shape index (κ2) is 10.6. The van der Waals surface area contributed by atoms with E-state index in [9.17, 15) is 13.2 Å². The summed E-state index contributed by atoms with van der Waals surface area (Å²) >= 11 is 3.99. The van der Waals surface area contributed by atoms with Crippen LogP contribution in [0, 0.1) is 6.92 Å². The molecule has 0 N–H and O–H groups in total. The molecule has 1 amide bonds. The van der Waals surface area contributed by atoms with Crippen molar-refractivity contribution in [3.8, 4) is 0 Å². The number of alkyl halides is 1. The number of nitrogens with zero attached hydrogens (tertiary/aromatic N) is 5. The molecule has 8 nitrogen and oxygen atoms in total. The summed E-state index contributed by atoms with van der Waals surface area (Å²) in [6.45, 7) is 5.74. The highest BCUT2D eigenvalue weighted by Crippen LogP contribution is 2.30. The topological polar surface area (TPSA) is 87.3 Å². The van der Waals surface area contributed by atoms with Crippen LogP contribution in [0.3, 0.4) is 0 Å². The summed E-state index contributed by atoms with van der Waals surface area (Å²) in [7, 11) is 0.272. The van der Waals surface area contributed by atoms with E-state index in [0.717, 1.165) is 45.7 Å². The number of thiazole rings is 1. The number of hydrogen-bond acceptors (Lipinski definition) is 7. The number of aromatic nitrogens is 1. The zero-order valence-electron chi connectivity index (χ0n) is 19.8. The second-order valence-corrected chi connectivity index (χ2v) is 12.6. The lowest BCUT2D eigenvalue weighted by atomic mass is 10.1. The van der Waals surface area contributed by atoms with Crippen molar-refractivity contribution in [2.75, 3.05) is 39.0 Å². The van der Waals surface area contributed by atoms with Crippen LogP contribution < -0.4 is 4.80 Å². The lowest BCUT2D eigenvalue weighted by Gasteiger charge is -2.34. The predicted octanol–water partition coefficient (Wildman–Crippen LogP) is 2.60. The Morgan fingerprint density at radius 1 is 1.24 bits per heavy atom. The summed E-state index contributed by atoms with van der Waals surface area (Å²) in [6.07, 6.45) is 0.319. The molecule has 1 fully saturated rings. The summed E-state index contributed by atoms with van der Waals surface area (Å²) in [5, 5.41) is 0.184. The van der Waals surface area contributed by atoms with Crippen molar-refractivity contribution in [1.29, 1.82) is 0 Å². The molecule has 0 bridgehead atoms. The number of rotatable bonds is 6. The molecular weight excluding hydrogens is 585 g/mol. The van der Waals surface area contributed by atoms with Crippen molar-refractivity contribution in [3.63, 3.8) is 0 Å². The molecule has 2 aliphatic heterocycles. The fourth-order valence-electron chi connectivity index (χ4n) is 4.27. The fraction of sp³-hybridized carbons (Fsp3) is 0.522. The highest BCUT2D eigenvalue weighted by molar-refractivity contribution is 14.1. The number of aliphatic imine (C=N–C) groups is 1. The first kappa shape index (κ1) is 25.5. The smallest absolute Gasteiger partial charge is 0.223 e. The molecule has 34 heavy (non-hydrogen) atoms. The minimum absolute atomic E-state index is 0.00205. The molecule has 1 saturated heterocycles. The summed E-state index contributed by atoms with van der Waals surface area (Å²) in [6, 6.07) is 5.88. The molecule has 3 heterocycles. The van der Waals surface area contributed by atoms with Crippen LogP contribution in [0.2, 0.25) is 0 Å². The van der Waals surface area contributed by atoms with E-state index in [4.69, 9.17) is 0 Å². The van der Waals surface area contributed by atoms with Gasteiger partial charge in [0.2, 0.25) is 5.91 Å². The van der Waals surface area contributed by atoms with E-state index in [0.29, 0.717) is 19.5 Å². The maximum atomic E-state index is 12.9. The third kappa shape index (κ3) is 5.47. The van der Waals surface area contributed by atoms with Crippen LogP contribution in [0.25, 0.3) is 0 Å². The number of amides is 1. The number of hydrogen-bond donors (Lipinski definition) is 0. The van der Waals surface area contributed by atoms with Crippen molar-refractivity contribution >= 4 is 60.4 Å². The number of carbonyl (C=O) groups excluding carboxylic acids is 1. The van der Waals surface area contributed by atoms with E-state index in [1.165, 1.54) is 10.6 Å². The van der Waals surface area contributed by atoms with E-state index < -0.39 is 9.84 Å². The zero-order chi connectivity index (χ0) is 24.5. The van der Waals surface area contributed by atoms with Gasteiger partial charge in [0.25, 0.3) is 0 Å². The van der Waals surface area contributed by atoms with Gasteiger partial charge in [0.1, 0.15) is 5.04 Å². The number of piperazine rings is 1. The van der Waals surface area contributed by atoms with Crippen molar-refractivity contribution in [2.45, 2.75) is 30.7 Å². The van der Waals surface area contributed by atoms with Crippen molar-refractivity contribution in [2.24, 2.45) is 17.0 Å². The lowest BCUT2D eigenvalue weighted by Crippen LogP contribution is -2.48. The summed E-state index contributed by atoms with van der Waals surface area (Å²) in [5.74, 6) is -0.288. The molecule has 11 heteroatoms. The first-order valence-electron chi connectivity index (χ1n) is 11.3. The van der Waals surface area contributed by atoms with Crippen LogP contribution in [0.4, 0.5) is 5.69 Å². The Kier molecular flexibility index (Phi) is 7.95. The Bertz CT molecular complexity index is 1290. The van der Waals surface area contributed by atoms with Gasteiger partial charge in [-0.05, 0) is 24.1 Å². The number of fused-ring (bicyclic) bond motifs is 1. The van der Waals surface area contributed by atoms with Crippen molar-refractivity contribution in [3.05, 3.63) is 44.7 Å². The van der Waals surface area contributed by atoms with E-state index in [1.54, 1.807) is 23.3 Å². The number of sulfone groups is 1. The molecule has 184 valence electrons. The van der Waals surface area contributed by atoms with Gasteiger partial charge in [0, 0.05) is 74.7 Å². The molecule has 0 spiro atoms. The quantitative estimate of drug-likeness (QED) is 0.370. The maximum Gasteiger partial charge on any atom is 0.223 e. The molecule has 0 unspecified atom stereocenters. The third-order valence-electron chi connectivity index (χ3n) is 6.52. The molecule has 0 radical (unpaired) electrons. The second-order valence-electron chi connectivity index (χ2n) is 8.68. The molecule has 2 aliphatic rings. The Hall–Kier alpha value is -1.57. The van der Waals surface area contributed by atoms with Crippen LogP contribution in [-0.2, 0) is 39.1 Å². The molecule has 0 aliphatic carbocycles. The minimum atomic E-state index is -3.56. The monoisotopic (exact) mass is 615 g/mol. The Balaban J connectivity index is 1.28. The molecule has 1 aromatic carbocycles. The first-order valence-corrected chi connectivity index (χ1v) is 15.3. The molecule has 4 rings (SSSR count).